The van der Waals surface area contributed by atoms with Crippen molar-refractivity contribution in [1.82, 2.24) is 4.57 Å². The number of aryl methyl sites for hydroxylation is 1. The summed E-state index contributed by atoms with van der Waals surface area (Å²) in [5.41, 5.74) is 0.760. The first-order chi connectivity index (χ1) is 11.0. The molecular weight excluding hydrogens is 325 g/mol. The van der Waals surface area contributed by atoms with Crippen LogP contribution in [-0.2, 0) is 6.54 Å². The van der Waals surface area contributed by atoms with Crippen LogP contribution in [0.3, 0.4) is 0 Å². The Bertz CT molecular complexity index is 985. The first-order valence-corrected chi connectivity index (χ1v) is 7.43. The second kappa shape index (κ2) is 5.76. The van der Waals surface area contributed by atoms with Gasteiger partial charge in [-0.1, -0.05) is 11.3 Å². The van der Waals surface area contributed by atoms with Crippen molar-refractivity contribution in [2.75, 3.05) is 0 Å². The third-order valence-corrected chi connectivity index (χ3v) is 4.18. The Morgan fingerprint density at radius 1 is 1.43 bits per heavy atom. The normalized spacial score (nSPS) is 12.0. The summed E-state index contributed by atoms with van der Waals surface area (Å²) < 4.78 is 20.6. The summed E-state index contributed by atoms with van der Waals surface area (Å²) in [5.74, 6) is -1.85. The van der Waals surface area contributed by atoms with Gasteiger partial charge < -0.3 is 8.98 Å². The Kier molecular flexibility index (Phi) is 3.78. The molecular formula is C14H10FN3O4S. The van der Waals surface area contributed by atoms with E-state index in [4.69, 9.17) is 4.42 Å². The third kappa shape index (κ3) is 2.78. The maximum absolute atomic E-state index is 13.3. The van der Waals surface area contributed by atoms with Crippen LogP contribution in [0.2, 0.25) is 0 Å². The van der Waals surface area contributed by atoms with Crippen LogP contribution in [-0.4, -0.2) is 15.4 Å². The molecule has 1 amide bonds. The molecule has 0 atom stereocenters. The van der Waals surface area contributed by atoms with Crippen LogP contribution in [0.25, 0.3) is 10.2 Å². The molecule has 1 aromatic carbocycles. The Balaban J connectivity index is 2.08. The zero-order valence-corrected chi connectivity index (χ0v) is 12.7. The van der Waals surface area contributed by atoms with Crippen molar-refractivity contribution in [3.8, 4) is 0 Å². The van der Waals surface area contributed by atoms with Gasteiger partial charge in [-0.05, 0) is 31.2 Å². The van der Waals surface area contributed by atoms with Crippen LogP contribution < -0.4 is 4.80 Å². The molecule has 0 bridgehead atoms. The zero-order chi connectivity index (χ0) is 16.6. The smallest absolute Gasteiger partial charge is 0.395 e. The lowest BCUT2D eigenvalue weighted by molar-refractivity contribution is -0.402. The first kappa shape index (κ1) is 15.1. The summed E-state index contributed by atoms with van der Waals surface area (Å²) in [6.07, 6.45) is 0. The number of hydrogen-bond acceptors (Lipinski definition) is 5. The number of aromatic nitrogens is 1. The molecule has 118 valence electrons. The molecule has 0 aliphatic rings. The molecule has 0 spiro atoms. The molecule has 9 heteroatoms. The van der Waals surface area contributed by atoms with E-state index in [0.717, 1.165) is 22.9 Å². The second-order valence-electron chi connectivity index (χ2n) is 4.55. The average Bonchev–Trinajstić information content (AvgIpc) is 3.10. The number of amides is 1. The van der Waals surface area contributed by atoms with Crippen molar-refractivity contribution < 1.29 is 18.5 Å². The van der Waals surface area contributed by atoms with E-state index in [1.165, 1.54) is 18.2 Å². The van der Waals surface area contributed by atoms with Crippen LogP contribution in [0.4, 0.5) is 10.3 Å². The van der Waals surface area contributed by atoms with Crippen LogP contribution in [0.15, 0.2) is 39.7 Å². The van der Waals surface area contributed by atoms with Crippen LogP contribution >= 0.6 is 11.3 Å². The number of thiazole rings is 1. The van der Waals surface area contributed by atoms with Gasteiger partial charge in [-0.15, -0.1) is 0 Å². The van der Waals surface area contributed by atoms with Crippen molar-refractivity contribution >= 4 is 33.3 Å². The predicted octanol–water partition coefficient (Wildman–Crippen LogP) is 3.10. The highest BCUT2D eigenvalue weighted by Crippen LogP contribution is 2.19. The van der Waals surface area contributed by atoms with E-state index in [0.29, 0.717) is 16.0 Å². The van der Waals surface area contributed by atoms with E-state index >= 15 is 0 Å². The second-order valence-corrected chi connectivity index (χ2v) is 5.56. The standard InChI is InChI=1S/C14H10FN3O4S/c1-2-17-9-4-3-8(15)7-11(9)23-14(17)16-13(19)10-5-6-12(22-10)18(20)21/h3-7H,2H2,1H3. The summed E-state index contributed by atoms with van der Waals surface area (Å²) in [4.78, 5) is 26.3. The van der Waals surface area contributed by atoms with Gasteiger partial charge in [-0.2, -0.15) is 4.99 Å². The van der Waals surface area contributed by atoms with E-state index in [-0.39, 0.29) is 11.6 Å². The number of halogens is 1. The summed E-state index contributed by atoms with van der Waals surface area (Å²) in [5, 5.41) is 10.6. The maximum Gasteiger partial charge on any atom is 0.433 e. The van der Waals surface area contributed by atoms with Gasteiger partial charge in [-0.3, -0.25) is 14.9 Å². The van der Waals surface area contributed by atoms with Gasteiger partial charge in [0.15, 0.2) is 4.80 Å². The van der Waals surface area contributed by atoms with Gasteiger partial charge in [0.1, 0.15) is 10.7 Å². The summed E-state index contributed by atoms with van der Waals surface area (Å²) in [6, 6.07) is 6.62. The molecule has 0 radical (unpaired) electrons. The highest BCUT2D eigenvalue weighted by molar-refractivity contribution is 7.16. The number of nitro groups is 1. The number of carbonyl (C=O) groups is 1. The fourth-order valence-electron chi connectivity index (χ4n) is 2.12. The molecule has 3 aromatic rings. The molecule has 0 N–H and O–H groups in total. The number of fused-ring (bicyclic) bond motifs is 1. The van der Waals surface area contributed by atoms with Crippen molar-refractivity contribution in [2.24, 2.45) is 4.99 Å². The van der Waals surface area contributed by atoms with E-state index in [1.54, 1.807) is 10.6 Å². The number of carbonyl (C=O) groups excluding carboxylic acids is 1. The molecule has 0 fully saturated rings. The Morgan fingerprint density at radius 2 is 2.22 bits per heavy atom. The Hall–Kier alpha value is -2.81. The van der Waals surface area contributed by atoms with Crippen LogP contribution in [0.1, 0.15) is 17.5 Å². The van der Waals surface area contributed by atoms with Crippen molar-refractivity contribution in [3.05, 3.63) is 56.8 Å². The number of rotatable bonds is 3. The highest BCUT2D eigenvalue weighted by Gasteiger charge is 2.17. The average molecular weight is 335 g/mol. The molecule has 23 heavy (non-hydrogen) atoms. The summed E-state index contributed by atoms with van der Waals surface area (Å²) >= 11 is 1.16. The van der Waals surface area contributed by atoms with Crippen LogP contribution in [0.5, 0.6) is 0 Å². The predicted molar refractivity (Wildman–Crippen MR) is 80.7 cm³/mol. The quantitative estimate of drug-likeness (QED) is 0.543. The van der Waals surface area contributed by atoms with Gasteiger partial charge in [-0.25, -0.2) is 4.39 Å². The topological polar surface area (TPSA) is 90.6 Å². The minimum Gasteiger partial charge on any atom is -0.395 e. The monoisotopic (exact) mass is 335 g/mol. The van der Waals surface area contributed by atoms with Crippen molar-refractivity contribution in [1.29, 1.82) is 0 Å². The fraction of sp³-hybridized carbons (Fsp3) is 0.143. The number of benzene rings is 1. The SMILES string of the molecule is CCn1c(=NC(=O)c2ccc([N+](=O)[O-])o2)sc2cc(F)ccc21. The van der Waals surface area contributed by atoms with Gasteiger partial charge in [0.25, 0.3) is 0 Å². The minimum atomic E-state index is -0.731. The minimum absolute atomic E-state index is 0.219. The maximum atomic E-state index is 13.3. The highest BCUT2D eigenvalue weighted by atomic mass is 32.1. The number of hydrogen-bond donors (Lipinski definition) is 0. The first-order valence-electron chi connectivity index (χ1n) is 6.61. The molecule has 0 aliphatic heterocycles. The van der Waals surface area contributed by atoms with Gasteiger partial charge in [0, 0.05) is 6.54 Å². The van der Waals surface area contributed by atoms with E-state index in [9.17, 15) is 19.3 Å². The molecule has 0 aliphatic carbocycles. The summed E-state index contributed by atoms with van der Waals surface area (Å²) in [7, 11) is 0. The van der Waals surface area contributed by atoms with Crippen molar-refractivity contribution in [2.45, 2.75) is 13.5 Å². The largest absolute Gasteiger partial charge is 0.433 e. The Labute approximate surface area is 132 Å². The molecule has 3 rings (SSSR count). The van der Waals surface area contributed by atoms with Crippen molar-refractivity contribution in [3.63, 3.8) is 0 Å². The molecule has 2 heterocycles. The lowest BCUT2D eigenvalue weighted by Crippen LogP contribution is -2.15. The fourth-order valence-corrected chi connectivity index (χ4v) is 3.24. The molecule has 2 aromatic heterocycles. The van der Waals surface area contributed by atoms with E-state index in [1.807, 2.05) is 6.92 Å². The molecule has 7 nitrogen and oxygen atoms in total. The molecule has 0 saturated heterocycles. The number of furan rings is 1. The molecule has 0 saturated carbocycles. The van der Waals surface area contributed by atoms with Gasteiger partial charge in [0.05, 0.1) is 16.3 Å². The van der Waals surface area contributed by atoms with E-state index < -0.39 is 16.7 Å². The van der Waals surface area contributed by atoms with Gasteiger partial charge >= 0.3 is 11.8 Å². The lowest BCUT2D eigenvalue weighted by Gasteiger charge is -1.99. The Morgan fingerprint density at radius 3 is 2.87 bits per heavy atom. The summed E-state index contributed by atoms with van der Waals surface area (Å²) in [6.45, 7) is 2.41. The van der Waals surface area contributed by atoms with Gasteiger partial charge in [0.2, 0.25) is 5.76 Å². The third-order valence-electron chi connectivity index (χ3n) is 3.14. The number of nitrogens with zero attached hydrogens (tertiary/aromatic N) is 3. The zero-order valence-electron chi connectivity index (χ0n) is 11.9. The molecule has 0 unspecified atom stereocenters. The van der Waals surface area contributed by atoms with E-state index in [2.05, 4.69) is 4.99 Å². The lowest BCUT2D eigenvalue weighted by atomic mass is 10.3. The van der Waals surface area contributed by atoms with Crippen LogP contribution in [0, 0.1) is 15.9 Å².